The number of imidazole rings is 1. The summed E-state index contributed by atoms with van der Waals surface area (Å²) < 4.78 is 6.61. The highest BCUT2D eigenvalue weighted by Crippen LogP contribution is 2.05. The van der Waals surface area contributed by atoms with Crippen LogP contribution < -0.4 is 5.32 Å². The maximum Gasteiger partial charge on any atom is 0.270 e. The lowest BCUT2D eigenvalue weighted by Gasteiger charge is -2.03. The van der Waals surface area contributed by atoms with Crippen molar-refractivity contribution in [1.82, 2.24) is 14.7 Å². The Bertz CT molecular complexity index is 493. The minimum atomic E-state index is -0.143. The molecule has 0 aliphatic heterocycles. The molecule has 0 atom stereocenters. The van der Waals surface area contributed by atoms with E-state index in [1.165, 1.54) is 0 Å². The van der Waals surface area contributed by atoms with Crippen LogP contribution in [0.3, 0.4) is 0 Å². The van der Waals surface area contributed by atoms with Gasteiger partial charge in [-0.2, -0.15) is 0 Å². The van der Waals surface area contributed by atoms with Crippen molar-refractivity contribution in [3.63, 3.8) is 0 Å². The lowest BCUT2D eigenvalue weighted by molar-refractivity contribution is 0.0931. The van der Waals surface area contributed by atoms with Crippen molar-refractivity contribution in [2.45, 2.75) is 0 Å². The molecule has 0 aliphatic rings. The minimum absolute atomic E-state index is 0.143. The van der Waals surface area contributed by atoms with Crippen LogP contribution in [0.15, 0.2) is 30.6 Å². The van der Waals surface area contributed by atoms with Gasteiger partial charge in [0, 0.05) is 19.9 Å². The number of nitrogens with zero attached hydrogens (tertiary/aromatic N) is 2. The highest BCUT2D eigenvalue weighted by molar-refractivity contribution is 5.93. The van der Waals surface area contributed by atoms with Crippen LogP contribution in [0.5, 0.6) is 0 Å². The molecule has 84 valence electrons. The molecule has 0 unspecified atom stereocenters. The maximum absolute atomic E-state index is 11.8. The lowest BCUT2D eigenvalue weighted by atomic mass is 10.4. The van der Waals surface area contributed by atoms with Gasteiger partial charge in [-0.1, -0.05) is 6.07 Å². The number of ether oxygens (including phenoxy) is 1. The molecule has 0 radical (unpaired) electrons. The van der Waals surface area contributed by atoms with Gasteiger partial charge in [0.15, 0.2) is 0 Å². The average molecular weight is 219 g/mol. The summed E-state index contributed by atoms with van der Waals surface area (Å²) in [5.41, 5.74) is 1.30. The number of carbonyl (C=O) groups excluding carboxylic acids is 1. The fourth-order valence-corrected chi connectivity index (χ4v) is 1.46. The Morgan fingerprint density at radius 1 is 1.56 bits per heavy atom. The molecule has 0 fully saturated rings. The Kier molecular flexibility index (Phi) is 3.16. The fraction of sp³-hybridized carbons (Fsp3) is 0.273. The van der Waals surface area contributed by atoms with E-state index in [0.29, 0.717) is 18.8 Å². The second kappa shape index (κ2) is 4.76. The van der Waals surface area contributed by atoms with Crippen molar-refractivity contribution < 1.29 is 9.53 Å². The molecule has 0 saturated carbocycles. The van der Waals surface area contributed by atoms with Crippen LogP contribution in [0.2, 0.25) is 0 Å². The van der Waals surface area contributed by atoms with Crippen LogP contribution in [0.25, 0.3) is 5.65 Å². The summed E-state index contributed by atoms with van der Waals surface area (Å²) in [4.78, 5) is 15.9. The molecule has 0 saturated heterocycles. The Hall–Kier alpha value is -1.88. The molecule has 16 heavy (non-hydrogen) atoms. The van der Waals surface area contributed by atoms with Crippen LogP contribution in [0, 0.1) is 0 Å². The average Bonchev–Trinajstić information content (AvgIpc) is 2.73. The van der Waals surface area contributed by atoms with Gasteiger partial charge >= 0.3 is 0 Å². The van der Waals surface area contributed by atoms with E-state index in [2.05, 4.69) is 10.3 Å². The number of carbonyl (C=O) groups is 1. The number of aromatic nitrogens is 2. The minimum Gasteiger partial charge on any atom is -0.383 e. The molecule has 0 bridgehead atoms. The molecule has 5 heteroatoms. The van der Waals surface area contributed by atoms with Gasteiger partial charge in [-0.15, -0.1) is 0 Å². The second-order valence-electron chi connectivity index (χ2n) is 3.32. The molecule has 2 heterocycles. The van der Waals surface area contributed by atoms with Gasteiger partial charge in [0.05, 0.1) is 12.8 Å². The van der Waals surface area contributed by atoms with Crippen LogP contribution in [0.4, 0.5) is 0 Å². The molecule has 0 aromatic carbocycles. The largest absolute Gasteiger partial charge is 0.383 e. The highest BCUT2D eigenvalue weighted by atomic mass is 16.5. The zero-order valence-electron chi connectivity index (χ0n) is 9.01. The van der Waals surface area contributed by atoms with Crippen LogP contribution in [0.1, 0.15) is 10.5 Å². The molecule has 0 spiro atoms. The Morgan fingerprint density at radius 3 is 3.25 bits per heavy atom. The van der Waals surface area contributed by atoms with Crippen molar-refractivity contribution in [2.75, 3.05) is 20.3 Å². The summed E-state index contributed by atoms with van der Waals surface area (Å²) in [6, 6.07) is 5.60. The predicted molar refractivity (Wildman–Crippen MR) is 59.4 cm³/mol. The van der Waals surface area contributed by atoms with E-state index in [4.69, 9.17) is 4.74 Å². The summed E-state index contributed by atoms with van der Waals surface area (Å²) in [5.74, 6) is -0.143. The summed E-state index contributed by atoms with van der Waals surface area (Å²) in [6.45, 7) is 0.998. The van der Waals surface area contributed by atoms with Gasteiger partial charge < -0.3 is 10.1 Å². The molecule has 2 rings (SSSR count). The van der Waals surface area contributed by atoms with Crippen LogP contribution >= 0.6 is 0 Å². The third-order valence-electron chi connectivity index (χ3n) is 2.24. The third-order valence-corrected chi connectivity index (χ3v) is 2.24. The smallest absolute Gasteiger partial charge is 0.270 e. The van der Waals surface area contributed by atoms with Crippen molar-refractivity contribution in [3.8, 4) is 0 Å². The molecule has 1 N–H and O–H groups in total. The topological polar surface area (TPSA) is 55.6 Å². The molecule has 5 nitrogen and oxygen atoms in total. The highest BCUT2D eigenvalue weighted by Gasteiger charge is 2.10. The SMILES string of the molecule is COCCNC(=O)c1cnc2ccccn12. The Labute approximate surface area is 93.1 Å². The summed E-state index contributed by atoms with van der Waals surface area (Å²) in [6.07, 6.45) is 3.38. The van der Waals surface area contributed by atoms with Crippen molar-refractivity contribution in [3.05, 3.63) is 36.3 Å². The third kappa shape index (κ3) is 2.04. The first-order valence-electron chi connectivity index (χ1n) is 5.02. The number of amides is 1. The van der Waals surface area contributed by atoms with Crippen molar-refractivity contribution >= 4 is 11.6 Å². The quantitative estimate of drug-likeness (QED) is 0.770. The standard InChI is InChI=1S/C11H13N3O2/c1-16-7-5-12-11(15)9-8-13-10-4-2-3-6-14(9)10/h2-4,6,8H,5,7H2,1H3,(H,12,15). The predicted octanol–water partition coefficient (Wildman–Crippen LogP) is 0.710. The molecule has 1 amide bonds. The number of nitrogens with one attached hydrogen (secondary N) is 1. The number of methoxy groups -OCH3 is 1. The summed E-state index contributed by atoms with van der Waals surface area (Å²) in [7, 11) is 1.60. The number of fused-ring (bicyclic) bond motifs is 1. The molecular weight excluding hydrogens is 206 g/mol. The monoisotopic (exact) mass is 219 g/mol. The zero-order chi connectivity index (χ0) is 11.4. The molecule has 0 aliphatic carbocycles. The van der Waals surface area contributed by atoms with E-state index >= 15 is 0 Å². The molecular formula is C11H13N3O2. The number of hydrogen-bond acceptors (Lipinski definition) is 3. The Balaban J connectivity index is 2.17. The van der Waals surface area contributed by atoms with E-state index in [1.807, 2.05) is 24.4 Å². The van der Waals surface area contributed by atoms with E-state index in [-0.39, 0.29) is 5.91 Å². The van der Waals surface area contributed by atoms with Gasteiger partial charge in [0.2, 0.25) is 0 Å². The first kappa shape index (κ1) is 10.6. The van der Waals surface area contributed by atoms with Crippen LogP contribution in [-0.2, 0) is 4.74 Å². The zero-order valence-corrected chi connectivity index (χ0v) is 9.01. The van der Waals surface area contributed by atoms with Gasteiger partial charge in [0.1, 0.15) is 11.3 Å². The number of pyridine rings is 1. The van der Waals surface area contributed by atoms with E-state index in [0.717, 1.165) is 5.65 Å². The van der Waals surface area contributed by atoms with Gasteiger partial charge in [-0.05, 0) is 12.1 Å². The van der Waals surface area contributed by atoms with E-state index in [9.17, 15) is 4.79 Å². The van der Waals surface area contributed by atoms with Gasteiger partial charge in [0.25, 0.3) is 5.91 Å². The molecule has 2 aromatic rings. The van der Waals surface area contributed by atoms with E-state index < -0.39 is 0 Å². The first-order valence-corrected chi connectivity index (χ1v) is 5.02. The second-order valence-corrected chi connectivity index (χ2v) is 3.32. The normalized spacial score (nSPS) is 10.6. The van der Waals surface area contributed by atoms with Crippen molar-refractivity contribution in [2.24, 2.45) is 0 Å². The maximum atomic E-state index is 11.8. The summed E-state index contributed by atoms with van der Waals surface area (Å²) in [5, 5.41) is 2.75. The van der Waals surface area contributed by atoms with Crippen molar-refractivity contribution in [1.29, 1.82) is 0 Å². The Morgan fingerprint density at radius 2 is 2.44 bits per heavy atom. The first-order chi connectivity index (χ1) is 7.83. The fourth-order valence-electron chi connectivity index (χ4n) is 1.46. The van der Waals surface area contributed by atoms with E-state index in [1.54, 1.807) is 17.7 Å². The number of hydrogen-bond donors (Lipinski definition) is 1. The lowest BCUT2D eigenvalue weighted by Crippen LogP contribution is -2.27. The molecule has 2 aromatic heterocycles. The summed E-state index contributed by atoms with van der Waals surface area (Å²) >= 11 is 0. The van der Waals surface area contributed by atoms with Gasteiger partial charge in [-0.25, -0.2) is 4.98 Å². The number of rotatable bonds is 4. The van der Waals surface area contributed by atoms with Gasteiger partial charge in [-0.3, -0.25) is 9.20 Å². The van der Waals surface area contributed by atoms with Crippen LogP contribution in [-0.4, -0.2) is 35.6 Å².